The number of Topliss-reactive ketones (excluding diaryl/α,β-unsaturated/α-hetero) is 1. The Morgan fingerprint density at radius 2 is 1.91 bits per heavy atom. The van der Waals surface area contributed by atoms with Crippen molar-refractivity contribution in [3.8, 4) is 0 Å². The van der Waals surface area contributed by atoms with Crippen molar-refractivity contribution in [1.82, 2.24) is 0 Å². The topological polar surface area (TPSA) is 43.4 Å². The van der Waals surface area contributed by atoms with Crippen molar-refractivity contribution in [1.29, 1.82) is 0 Å². The quantitative estimate of drug-likeness (QED) is 0.474. The molecule has 0 atom stereocenters. The standard InChI is InChI=1S/C18H18O3S/c1-12-6-4-5-7-15(12)8-9-18(20)21-11-17(19)16-10-13(2)22-14(16)3/h4-10H,11H2,1-3H3/b9-8+. The Bertz CT molecular complexity index is 726. The summed E-state index contributed by atoms with van der Waals surface area (Å²) < 4.78 is 5.01. The summed E-state index contributed by atoms with van der Waals surface area (Å²) in [6.07, 6.45) is 3.05. The van der Waals surface area contributed by atoms with Crippen LogP contribution < -0.4 is 0 Å². The minimum Gasteiger partial charge on any atom is -0.454 e. The molecule has 1 heterocycles. The molecular formula is C18H18O3S. The molecule has 0 spiro atoms. The van der Waals surface area contributed by atoms with Gasteiger partial charge < -0.3 is 4.74 Å². The maximum atomic E-state index is 12.0. The van der Waals surface area contributed by atoms with Gasteiger partial charge in [-0.3, -0.25) is 4.79 Å². The molecule has 4 heteroatoms. The fourth-order valence-corrected chi connectivity index (χ4v) is 3.04. The van der Waals surface area contributed by atoms with E-state index < -0.39 is 5.97 Å². The van der Waals surface area contributed by atoms with Gasteiger partial charge in [0.1, 0.15) is 0 Å². The van der Waals surface area contributed by atoms with E-state index in [2.05, 4.69) is 0 Å². The number of thiophene rings is 1. The zero-order chi connectivity index (χ0) is 16.1. The molecule has 0 amide bonds. The first kappa shape index (κ1) is 16.2. The van der Waals surface area contributed by atoms with E-state index in [0.717, 1.165) is 20.9 Å². The fourth-order valence-electron chi connectivity index (χ4n) is 2.10. The number of carbonyl (C=O) groups is 2. The Hall–Kier alpha value is -2.20. The Labute approximate surface area is 134 Å². The average molecular weight is 314 g/mol. The van der Waals surface area contributed by atoms with E-state index in [1.54, 1.807) is 17.4 Å². The summed E-state index contributed by atoms with van der Waals surface area (Å²) in [5.41, 5.74) is 2.67. The minimum absolute atomic E-state index is 0.167. The van der Waals surface area contributed by atoms with Crippen molar-refractivity contribution in [2.75, 3.05) is 6.61 Å². The van der Waals surface area contributed by atoms with E-state index in [4.69, 9.17) is 4.74 Å². The van der Waals surface area contributed by atoms with E-state index in [1.165, 1.54) is 6.08 Å². The number of ketones is 1. The number of aryl methyl sites for hydroxylation is 3. The average Bonchev–Trinajstić information content (AvgIpc) is 2.82. The second kappa shape index (κ2) is 7.18. The van der Waals surface area contributed by atoms with E-state index in [1.807, 2.05) is 51.1 Å². The maximum Gasteiger partial charge on any atom is 0.331 e. The highest BCUT2D eigenvalue weighted by atomic mass is 32.1. The molecule has 0 radical (unpaired) electrons. The Balaban J connectivity index is 1.92. The molecule has 0 saturated heterocycles. The fraction of sp³-hybridized carbons (Fsp3) is 0.222. The van der Waals surface area contributed by atoms with Crippen LogP contribution in [-0.4, -0.2) is 18.4 Å². The molecule has 0 aliphatic heterocycles. The number of ether oxygens (including phenoxy) is 1. The second-order valence-electron chi connectivity index (χ2n) is 5.05. The van der Waals surface area contributed by atoms with E-state index in [9.17, 15) is 9.59 Å². The van der Waals surface area contributed by atoms with Crippen LogP contribution in [0.15, 0.2) is 36.4 Å². The third kappa shape index (κ3) is 4.15. The Morgan fingerprint density at radius 3 is 2.55 bits per heavy atom. The van der Waals surface area contributed by atoms with Gasteiger partial charge in [0.15, 0.2) is 6.61 Å². The van der Waals surface area contributed by atoms with Crippen molar-refractivity contribution in [3.63, 3.8) is 0 Å². The van der Waals surface area contributed by atoms with Gasteiger partial charge in [-0.15, -0.1) is 11.3 Å². The van der Waals surface area contributed by atoms with Gasteiger partial charge in [0.25, 0.3) is 0 Å². The smallest absolute Gasteiger partial charge is 0.331 e. The summed E-state index contributed by atoms with van der Waals surface area (Å²) in [5, 5.41) is 0. The Kier molecular flexibility index (Phi) is 5.28. The third-order valence-electron chi connectivity index (χ3n) is 3.27. The molecule has 0 aliphatic rings. The molecular weight excluding hydrogens is 296 g/mol. The van der Waals surface area contributed by atoms with Crippen molar-refractivity contribution in [3.05, 3.63) is 62.9 Å². The van der Waals surface area contributed by atoms with Crippen LogP contribution in [-0.2, 0) is 9.53 Å². The van der Waals surface area contributed by atoms with E-state index >= 15 is 0 Å². The molecule has 2 aromatic rings. The number of carbonyl (C=O) groups excluding carboxylic acids is 2. The molecule has 1 aromatic carbocycles. The first-order valence-electron chi connectivity index (χ1n) is 6.98. The SMILES string of the molecule is Cc1cc(C(=O)COC(=O)/C=C/c2ccccc2C)c(C)s1. The lowest BCUT2D eigenvalue weighted by atomic mass is 10.1. The van der Waals surface area contributed by atoms with Gasteiger partial charge in [-0.25, -0.2) is 4.79 Å². The predicted molar refractivity (Wildman–Crippen MR) is 89.3 cm³/mol. The molecule has 3 nitrogen and oxygen atoms in total. The van der Waals surface area contributed by atoms with Crippen LogP contribution in [0.4, 0.5) is 0 Å². The summed E-state index contributed by atoms with van der Waals surface area (Å²) in [5.74, 6) is -0.680. The molecule has 0 N–H and O–H groups in total. The lowest BCUT2D eigenvalue weighted by Gasteiger charge is -2.02. The van der Waals surface area contributed by atoms with Crippen LogP contribution in [0.1, 0.15) is 31.2 Å². The van der Waals surface area contributed by atoms with Gasteiger partial charge in [0.2, 0.25) is 5.78 Å². The number of hydrogen-bond acceptors (Lipinski definition) is 4. The summed E-state index contributed by atoms with van der Waals surface area (Å²) >= 11 is 1.57. The monoisotopic (exact) mass is 314 g/mol. The van der Waals surface area contributed by atoms with Crippen LogP contribution in [0.5, 0.6) is 0 Å². The third-order valence-corrected chi connectivity index (χ3v) is 4.24. The number of esters is 1. The highest BCUT2D eigenvalue weighted by Gasteiger charge is 2.13. The summed E-state index contributed by atoms with van der Waals surface area (Å²) in [7, 11) is 0. The first-order valence-corrected chi connectivity index (χ1v) is 7.79. The largest absolute Gasteiger partial charge is 0.454 e. The van der Waals surface area contributed by atoms with Crippen LogP contribution in [0, 0.1) is 20.8 Å². The number of hydrogen-bond donors (Lipinski definition) is 0. The molecule has 0 fully saturated rings. The molecule has 0 aliphatic carbocycles. The van der Waals surface area contributed by atoms with Crippen molar-refractivity contribution in [2.24, 2.45) is 0 Å². The van der Waals surface area contributed by atoms with Crippen LogP contribution in [0.2, 0.25) is 0 Å². The molecule has 114 valence electrons. The van der Waals surface area contributed by atoms with Crippen LogP contribution in [0.3, 0.4) is 0 Å². The molecule has 2 rings (SSSR count). The van der Waals surface area contributed by atoms with Crippen molar-refractivity contribution >= 4 is 29.2 Å². The minimum atomic E-state index is -0.513. The molecule has 0 bridgehead atoms. The van der Waals surface area contributed by atoms with Gasteiger partial charge in [0, 0.05) is 21.4 Å². The van der Waals surface area contributed by atoms with Gasteiger partial charge >= 0.3 is 5.97 Å². The van der Waals surface area contributed by atoms with Crippen LogP contribution in [0.25, 0.3) is 6.08 Å². The normalized spacial score (nSPS) is 10.9. The van der Waals surface area contributed by atoms with Gasteiger partial charge in [-0.1, -0.05) is 24.3 Å². The summed E-state index contributed by atoms with van der Waals surface area (Å²) in [6, 6.07) is 9.56. The first-order chi connectivity index (χ1) is 10.5. The molecule has 22 heavy (non-hydrogen) atoms. The van der Waals surface area contributed by atoms with E-state index in [-0.39, 0.29) is 12.4 Å². The van der Waals surface area contributed by atoms with E-state index in [0.29, 0.717) is 5.56 Å². The van der Waals surface area contributed by atoms with Crippen LogP contribution >= 0.6 is 11.3 Å². The zero-order valence-electron chi connectivity index (χ0n) is 12.9. The van der Waals surface area contributed by atoms with Gasteiger partial charge in [-0.2, -0.15) is 0 Å². The summed E-state index contributed by atoms with van der Waals surface area (Å²) in [4.78, 5) is 25.7. The molecule has 0 saturated carbocycles. The lowest BCUT2D eigenvalue weighted by molar-refractivity contribution is -0.136. The summed E-state index contributed by atoms with van der Waals surface area (Å²) in [6.45, 7) is 5.58. The second-order valence-corrected chi connectivity index (χ2v) is 6.51. The van der Waals surface area contributed by atoms with Crippen molar-refractivity contribution in [2.45, 2.75) is 20.8 Å². The van der Waals surface area contributed by atoms with Gasteiger partial charge in [0.05, 0.1) is 0 Å². The maximum absolute atomic E-state index is 12.0. The number of rotatable bonds is 5. The highest BCUT2D eigenvalue weighted by Crippen LogP contribution is 2.21. The highest BCUT2D eigenvalue weighted by molar-refractivity contribution is 7.12. The molecule has 0 unspecified atom stereocenters. The van der Waals surface area contributed by atoms with Crippen molar-refractivity contribution < 1.29 is 14.3 Å². The van der Waals surface area contributed by atoms with Gasteiger partial charge in [-0.05, 0) is 44.0 Å². The zero-order valence-corrected chi connectivity index (χ0v) is 13.7. The molecule has 1 aromatic heterocycles. The Morgan fingerprint density at radius 1 is 1.18 bits per heavy atom. The lowest BCUT2D eigenvalue weighted by Crippen LogP contribution is -2.12. The number of benzene rings is 1. The predicted octanol–water partition coefficient (Wildman–Crippen LogP) is 4.11.